The summed E-state index contributed by atoms with van der Waals surface area (Å²) in [6.45, 7) is 3.31. The first-order chi connectivity index (χ1) is 23.5. The van der Waals surface area contributed by atoms with E-state index in [0.717, 1.165) is 42.6 Å². The van der Waals surface area contributed by atoms with Gasteiger partial charge in [-0.05, 0) is 42.5 Å². The molecule has 2 rings (SSSR count). The Labute approximate surface area is 288 Å². The van der Waals surface area contributed by atoms with Crippen LogP contribution in [0.5, 0.6) is 5.75 Å². The number of esters is 2. The van der Waals surface area contributed by atoms with Gasteiger partial charge in [-0.1, -0.05) is 120 Å². The van der Waals surface area contributed by atoms with Crippen molar-refractivity contribution < 1.29 is 38.1 Å². The molecule has 48 heavy (non-hydrogen) atoms. The highest BCUT2D eigenvalue weighted by Crippen LogP contribution is 2.14. The van der Waals surface area contributed by atoms with Gasteiger partial charge in [-0.3, -0.25) is 9.59 Å². The molecule has 0 spiro atoms. The maximum Gasteiger partial charge on any atom is 0.407 e. The molecule has 1 N–H and O–H groups in total. The van der Waals surface area contributed by atoms with Crippen LogP contribution in [-0.2, 0) is 41.8 Å². The van der Waals surface area contributed by atoms with Crippen LogP contribution >= 0.6 is 0 Å². The highest BCUT2D eigenvalue weighted by atomic mass is 16.6. The van der Waals surface area contributed by atoms with Gasteiger partial charge >= 0.3 is 18.0 Å². The molecule has 0 heterocycles. The predicted molar refractivity (Wildman–Crippen MR) is 188 cm³/mol. The zero-order chi connectivity index (χ0) is 34.5. The number of hydrogen-bond acceptors (Lipinski definition) is 8. The van der Waals surface area contributed by atoms with E-state index < -0.39 is 12.2 Å². The lowest BCUT2D eigenvalue weighted by Crippen LogP contribution is -2.29. The number of rotatable bonds is 28. The topological polar surface area (TPSA) is 109 Å². The van der Waals surface area contributed by atoms with Crippen LogP contribution in [0.4, 0.5) is 4.79 Å². The van der Waals surface area contributed by atoms with E-state index in [1.165, 1.54) is 51.4 Å². The summed E-state index contributed by atoms with van der Waals surface area (Å²) in [7, 11) is 1.62. The number of amides is 1. The SMILES string of the molecule is CCCCCCCCCCCCCC(=O)OC[C@@H](COCc1ccc(OC)cc1)OC(=O)CCCCCNC(=O)OCc1ccccc1. The molecule has 0 aliphatic rings. The van der Waals surface area contributed by atoms with E-state index in [1.54, 1.807) is 7.11 Å². The van der Waals surface area contributed by atoms with Crippen molar-refractivity contribution in [2.24, 2.45) is 0 Å². The van der Waals surface area contributed by atoms with E-state index in [1.807, 2.05) is 54.6 Å². The second kappa shape index (κ2) is 27.4. The highest BCUT2D eigenvalue weighted by molar-refractivity contribution is 5.70. The molecule has 0 unspecified atom stereocenters. The van der Waals surface area contributed by atoms with Gasteiger partial charge in [0.2, 0.25) is 0 Å². The van der Waals surface area contributed by atoms with Crippen LogP contribution in [-0.4, -0.2) is 51.0 Å². The molecular formula is C39H59NO8. The largest absolute Gasteiger partial charge is 0.497 e. The lowest BCUT2D eigenvalue weighted by Gasteiger charge is -2.18. The van der Waals surface area contributed by atoms with E-state index in [-0.39, 0.29) is 38.2 Å². The lowest BCUT2D eigenvalue weighted by molar-refractivity contribution is -0.163. The first-order valence-corrected chi connectivity index (χ1v) is 18.0. The standard InChI is InChI=1S/C39H59NO8/c1-3-4-5-6-7-8-9-10-11-12-17-22-37(41)46-32-36(31-45-29-34-24-26-35(44-2)27-25-34)48-38(42)23-18-14-19-28-40-39(43)47-30-33-20-15-13-16-21-33/h13,15-16,20-21,24-27,36H,3-12,14,17-19,22-23,28-32H2,1-2H3,(H,40,43)/t36-/m1/s1. The Kier molecular flexibility index (Phi) is 23.1. The average Bonchev–Trinajstić information content (AvgIpc) is 3.10. The summed E-state index contributed by atoms with van der Waals surface area (Å²) in [4.78, 5) is 36.9. The average molecular weight is 670 g/mol. The molecule has 0 aromatic heterocycles. The van der Waals surface area contributed by atoms with Crippen LogP contribution in [0.2, 0.25) is 0 Å². The van der Waals surface area contributed by atoms with Crippen LogP contribution < -0.4 is 10.1 Å². The number of carbonyl (C=O) groups is 3. The minimum atomic E-state index is -0.696. The van der Waals surface area contributed by atoms with Crippen molar-refractivity contribution in [3.8, 4) is 5.75 Å². The number of nitrogens with one attached hydrogen (secondary N) is 1. The normalized spacial score (nSPS) is 11.5. The number of ether oxygens (including phenoxy) is 5. The number of unbranched alkanes of at least 4 members (excludes halogenated alkanes) is 12. The molecule has 0 bridgehead atoms. The number of methoxy groups -OCH3 is 1. The Balaban J connectivity index is 1.63. The quantitative estimate of drug-likeness (QED) is 0.0544. The Morgan fingerprint density at radius 3 is 1.85 bits per heavy atom. The first kappa shape index (κ1) is 40.6. The smallest absolute Gasteiger partial charge is 0.407 e. The summed E-state index contributed by atoms with van der Waals surface area (Å²) in [5.74, 6) is 0.107. The van der Waals surface area contributed by atoms with Gasteiger partial charge in [0.25, 0.3) is 0 Å². The molecule has 2 aromatic rings. The number of alkyl carbamates (subject to hydrolysis) is 1. The second-order valence-electron chi connectivity index (χ2n) is 12.2. The molecular weight excluding hydrogens is 610 g/mol. The summed E-state index contributed by atoms with van der Waals surface area (Å²) < 4.78 is 27.4. The summed E-state index contributed by atoms with van der Waals surface area (Å²) >= 11 is 0. The van der Waals surface area contributed by atoms with E-state index in [4.69, 9.17) is 23.7 Å². The van der Waals surface area contributed by atoms with Gasteiger partial charge in [-0.25, -0.2) is 4.79 Å². The number of benzene rings is 2. The third-order valence-electron chi connectivity index (χ3n) is 7.98. The van der Waals surface area contributed by atoms with Gasteiger partial charge in [0.15, 0.2) is 6.10 Å². The summed E-state index contributed by atoms with van der Waals surface area (Å²) in [5.41, 5.74) is 1.88. The molecule has 0 aliphatic heterocycles. The van der Waals surface area contributed by atoms with E-state index in [0.29, 0.717) is 32.4 Å². The van der Waals surface area contributed by atoms with Crippen molar-refractivity contribution in [1.82, 2.24) is 5.32 Å². The van der Waals surface area contributed by atoms with Crippen molar-refractivity contribution in [3.05, 3.63) is 65.7 Å². The fraction of sp³-hybridized carbons (Fsp3) is 0.615. The van der Waals surface area contributed by atoms with Gasteiger partial charge in [-0.15, -0.1) is 0 Å². The third-order valence-corrected chi connectivity index (χ3v) is 7.98. The third kappa shape index (κ3) is 21.3. The molecule has 9 heteroatoms. The van der Waals surface area contributed by atoms with Gasteiger partial charge in [0.1, 0.15) is 19.0 Å². The predicted octanol–water partition coefficient (Wildman–Crippen LogP) is 8.85. The maximum absolute atomic E-state index is 12.6. The molecule has 0 radical (unpaired) electrons. The Morgan fingerprint density at radius 1 is 0.625 bits per heavy atom. The van der Waals surface area contributed by atoms with Crippen molar-refractivity contribution in [2.75, 3.05) is 26.9 Å². The van der Waals surface area contributed by atoms with Crippen molar-refractivity contribution in [2.45, 2.75) is 129 Å². The first-order valence-electron chi connectivity index (χ1n) is 18.0. The molecule has 1 amide bonds. The zero-order valence-corrected chi connectivity index (χ0v) is 29.4. The Morgan fingerprint density at radius 2 is 1.21 bits per heavy atom. The zero-order valence-electron chi connectivity index (χ0n) is 29.4. The monoisotopic (exact) mass is 669 g/mol. The minimum absolute atomic E-state index is 0.0414. The van der Waals surface area contributed by atoms with Crippen LogP contribution in [0.1, 0.15) is 121 Å². The van der Waals surface area contributed by atoms with E-state index >= 15 is 0 Å². The van der Waals surface area contributed by atoms with Gasteiger partial charge in [0.05, 0.1) is 20.3 Å². The lowest BCUT2D eigenvalue weighted by atomic mass is 10.1. The molecule has 1 atom stereocenters. The van der Waals surface area contributed by atoms with Crippen molar-refractivity contribution in [3.63, 3.8) is 0 Å². The van der Waals surface area contributed by atoms with Crippen molar-refractivity contribution >= 4 is 18.0 Å². The van der Waals surface area contributed by atoms with E-state index in [2.05, 4.69) is 12.2 Å². The molecule has 0 aliphatic carbocycles. The summed E-state index contributed by atoms with van der Waals surface area (Å²) in [5, 5.41) is 2.73. The van der Waals surface area contributed by atoms with Gasteiger partial charge in [0, 0.05) is 19.4 Å². The molecule has 2 aromatic carbocycles. The molecule has 0 saturated heterocycles. The Bertz CT molecular complexity index is 1110. The fourth-order valence-corrected chi connectivity index (χ4v) is 5.12. The summed E-state index contributed by atoms with van der Waals surface area (Å²) in [6.07, 6.45) is 14.8. The fourth-order valence-electron chi connectivity index (χ4n) is 5.12. The summed E-state index contributed by atoms with van der Waals surface area (Å²) in [6, 6.07) is 17.0. The molecule has 9 nitrogen and oxygen atoms in total. The number of hydrogen-bond donors (Lipinski definition) is 1. The van der Waals surface area contributed by atoms with Crippen LogP contribution in [0.25, 0.3) is 0 Å². The van der Waals surface area contributed by atoms with Crippen LogP contribution in [0.15, 0.2) is 54.6 Å². The van der Waals surface area contributed by atoms with Gasteiger partial charge < -0.3 is 29.0 Å². The molecule has 0 saturated carbocycles. The molecule has 268 valence electrons. The highest BCUT2D eigenvalue weighted by Gasteiger charge is 2.18. The van der Waals surface area contributed by atoms with E-state index in [9.17, 15) is 14.4 Å². The number of carbonyl (C=O) groups excluding carboxylic acids is 3. The second-order valence-corrected chi connectivity index (χ2v) is 12.2. The van der Waals surface area contributed by atoms with Gasteiger partial charge in [-0.2, -0.15) is 0 Å². The maximum atomic E-state index is 12.6. The Hall–Kier alpha value is -3.59. The minimum Gasteiger partial charge on any atom is -0.497 e. The van der Waals surface area contributed by atoms with Crippen LogP contribution in [0.3, 0.4) is 0 Å². The van der Waals surface area contributed by atoms with Crippen molar-refractivity contribution in [1.29, 1.82) is 0 Å². The molecule has 0 fully saturated rings. The van der Waals surface area contributed by atoms with Crippen LogP contribution in [0, 0.1) is 0 Å².